The summed E-state index contributed by atoms with van der Waals surface area (Å²) in [7, 11) is 0. The third kappa shape index (κ3) is 4.66. The van der Waals surface area contributed by atoms with E-state index in [-0.39, 0.29) is 28.1 Å². The van der Waals surface area contributed by atoms with Crippen LogP contribution in [0.1, 0.15) is 17.3 Å². The van der Waals surface area contributed by atoms with Crippen LogP contribution in [0.3, 0.4) is 0 Å². The Kier molecular flexibility index (Phi) is 5.92. The van der Waals surface area contributed by atoms with E-state index in [1.54, 1.807) is 4.90 Å². The van der Waals surface area contributed by atoms with Gasteiger partial charge in [0.1, 0.15) is 0 Å². The Morgan fingerprint density at radius 3 is 2.32 bits per heavy atom. The molecule has 1 aliphatic heterocycles. The Morgan fingerprint density at radius 2 is 1.80 bits per heavy atom. The molecule has 0 unspecified atom stereocenters. The van der Waals surface area contributed by atoms with Gasteiger partial charge in [0.05, 0.1) is 15.5 Å². The van der Waals surface area contributed by atoms with Crippen LogP contribution < -0.4 is 0 Å². The Balaban J connectivity index is 1.89. The summed E-state index contributed by atoms with van der Waals surface area (Å²) in [4.78, 5) is 48.4. The summed E-state index contributed by atoms with van der Waals surface area (Å²) in [6, 6.07) is 3.35. The molecule has 1 aromatic carbocycles. The molecule has 0 atom stereocenters. The Morgan fingerprint density at radius 1 is 1.20 bits per heavy atom. The van der Waals surface area contributed by atoms with Crippen molar-refractivity contribution in [2.45, 2.75) is 6.92 Å². The quantitative estimate of drug-likeness (QED) is 0.446. The standard InChI is InChI=1S/C15H16ClN3O6/c1-10(20)17-4-6-18(7-5-17)14(21)9-25-15(22)12-3-2-11(19(23)24)8-13(12)16/h2-3,8H,4-7,9H2,1H3. The Hall–Kier alpha value is -2.68. The molecule has 0 radical (unpaired) electrons. The number of benzene rings is 1. The van der Waals surface area contributed by atoms with E-state index in [4.69, 9.17) is 16.3 Å². The van der Waals surface area contributed by atoms with Crippen LogP contribution in [0.5, 0.6) is 0 Å². The molecule has 1 saturated heterocycles. The van der Waals surface area contributed by atoms with Crippen molar-refractivity contribution in [2.75, 3.05) is 32.8 Å². The minimum Gasteiger partial charge on any atom is -0.452 e. The van der Waals surface area contributed by atoms with Gasteiger partial charge in [0.15, 0.2) is 6.61 Å². The van der Waals surface area contributed by atoms with Gasteiger partial charge in [-0.2, -0.15) is 0 Å². The normalized spacial score (nSPS) is 14.2. The second-order valence-corrected chi connectivity index (χ2v) is 5.79. The van der Waals surface area contributed by atoms with Crippen LogP contribution in [-0.2, 0) is 14.3 Å². The van der Waals surface area contributed by atoms with E-state index < -0.39 is 17.5 Å². The van der Waals surface area contributed by atoms with Crippen molar-refractivity contribution in [3.63, 3.8) is 0 Å². The highest BCUT2D eigenvalue weighted by atomic mass is 35.5. The number of hydrogen-bond donors (Lipinski definition) is 0. The van der Waals surface area contributed by atoms with Crippen molar-refractivity contribution in [1.82, 2.24) is 9.80 Å². The lowest BCUT2D eigenvalue weighted by Crippen LogP contribution is -2.51. The average molecular weight is 370 g/mol. The van der Waals surface area contributed by atoms with Crippen LogP contribution >= 0.6 is 11.6 Å². The van der Waals surface area contributed by atoms with E-state index in [1.807, 2.05) is 0 Å². The molecule has 0 aliphatic carbocycles. The average Bonchev–Trinajstić information content (AvgIpc) is 2.59. The molecule has 1 heterocycles. The first kappa shape index (κ1) is 18.7. The summed E-state index contributed by atoms with van der Waals surface area (Å²) in [5.41, 5.74) is -0.303. The number of nitro benzene ring substituents is 1. The molecule has 2 rings (SSSR count). The lowest BCUT2D eigenvalue weighted by atomic mass is 10.2. The molecule has 134 valence electrons. The maximum atomic E-state index is 12.1. The van der Waals surface area contributed by atoms with E-state index in [1.165, 1.54) is 17.9 Å². The molecule has 1 aromatic rings. The van der Waals surface area contributed by atoms with E-state index in [0.717, 1.165) is 12.1 Å². The first-order chi connectivity index (χ1) is 11.8. The van der Waals surface area contributed by atoms with Crippen molar-refractivity contribution in [3.8, 4) is 0 Å². The lowest BCUT2D eigenvalue weighted by molar-refractivity contribution is -0.384. The topological polar surface area (TPSA) is 110 Å². The van der Waals surface area contributed by atoms with Gasteiger partial charge in [0.25, 0.3) is 11.6 Å². The molecule has 1 aliphatic rings. The van der Waals surface area contributed by atoms with Crippen LogP contribution in [0, 0.1) is 10.1 Å². The van der Waals surface area contributed by atoms with E-state index in [2.05, 4.69) is 0 Å². The van der Waals surface area contributed by atoms with Gasteiger partial charge < -0.3 is 14.5 Å². The fourth-order valence-electron chi connectivity index (χ4n) is 2.35. The fourth-order valence-corrected chi connectivity index (χ4v) is 2.60. The monoisotopic (exact) mass is 369 g/mol. The van der Waals surface area contributed by atoms with Crippen molar-refractivity contribution in [2.24, 2.45) is 0 Å². The summed E-state index contributed by atoms with van der Waals surface area (Å²) in [5, 5.41) is 10.5. The molecule has 25 heavy (non-hydrogen) atoms. The minimum absolute atomic E-state index is 0.0497. The van der Waals surface area contributed by atoms with Crippen LogP contribution in [0.25, 0.3) is 0 Å². The zero-order chi connectivity index (χ0) is 18.6. The van der Waals surface area contributed by atoms with Crippen LogP contribution in [-0.4, -0.2) is 65.3 Å². The zero-order valence-corrected chi connectivity index (χ0v) is 14.2. The third-order valence-electron chi connectivity index (χ3n) is 3.79. The number of carbonyl (C=O) groups is 3. The predicted molar refractivity (Wildman–Crippen MR) is 87.2 cm³/mol. The summed E-state index contributed by atoms with van der Waals surface area (Å²) in [5.74, 6) is -1.27. The number of halogens is 1. The van der Waals surface area contributed by atoms with Gasteiger partial charge in [0, 0.05) is 45.2 Å². The first-order valence-corrected chi connectivity index (χ1v) is 7.81. The van der Waals surface area contributed by atoms with Crippen molar-refractivity contribution in [1.29, 1.82) is 0 Å². The fraction of sp³-hybridized carbons (Fsp3) is 0.400. The number of nitro groups is 1. The van der Waals surface area contributed by atoms with Gasteiger partial charge in [-0.3, -0.25) is 19.7 Å². The second-order valence-electron chi connectivity index (χ2n) is 5.38. The van der Waals surface area contributed by atoms with Gasteiger partial charge in [-0.1, -0.05) is 11.6 Å². The summed E-state index contributed by atoms with van der Waals surface area (Å²) in [6.45, 7) is 2.61. The Labute approximate surface area is 148 Å². The number of piperazine rings is 1. The number of carbonyl (C=O) groups excluding carboxylic acids is 3. The first-order valence-electron chi connectivity index (χ1n) is 7.44. The minimum atomic E-state index is -0.837. The molecule has 10 heteroatoms. The highest BCUT2D eigenvalue weighted by Crippen LogP contribution is 2.23. The molecule has 0 saturated carbocycles. The largest absolute Gasteiger partial charge is 0.452 e. The van der Waals surface area contributed by atoms with Crippen molar-refractivity contribution >= 4 is 35.1 Å². The van der Waals surface area contributed by atoms with E-state index in [9.17, 15) is 24.5 Å². The second kappa shape index (κ2) is 7.93. The molecular formula is C15H16ClN3O6. The van der Waals surface area contributed by atoms with Gasteiger partial charge in [-0.05, 0) is 6.07 Å². The maximum absolute atomic E-state index is 12.1. The molecule has 0 aromatic heterocycles. The molecule has 2 amide bonds. The molecule has 0 bridgehead atoms. The number of esters is 1. The van der Waals surface area contributed by atoms with Crippen LogP contribution in [0.15, 0.2) is 18.2 Å². The highest BCUT2D eigenvalue weighted by molar-refractivity contribution is 6.33. The number of nitrogens with zero attached hydrogens (tertiary/aromatic N) is 3. The van der Waals surface area contributed by atoms with Crippen molar-refractivity contribution in [3.05, 3.63) is 38.9 Å². The lowest BCUT2D eigenvalue weighted by Gasteiger charge is -2.34. The highest BCUT2D eigenvalue weighted by Gasteiger charge is 2.24. The Bertz CT molecular complexity index is 715. The predicted octanol–water partition coefficient (Wildman–Crippen LogP) is 1.10. The smallest absolute Gasteiger partial charge is 0.340 e. The number of amides is 2. The van der Waals surface area contributed by atoms with Gasteiger partial charge in [-0.25, -0.2) is 4.79 Å². The number of ether oxygens (including phenoxy) is 1. The molecular weight excluding hydrogens is 354 g/mol. The SMILES string of the molecule is CC(=O)N1CCN(C(=O)COC(=O)c2ccc([N+](=O)[O-])cc2Cl)CC1. The number of non-ortho nitro benzene ring substituents is 1. The van der Waals surface area contributed by atoms with Gasteiger partial charge in [-0.15, -0.1) is 0 Å². The zero-order valence-electron chi connectivity index (χ0n) is 13.4. The van der Waals surface area contributed by atoms with Crippen LogP contribution in [0.4, 0.5) is 5.69 Å². The summed E-state index contributed by atoms with van der Waals surface area (Å²) in [6.07, 6.45) is 0. The van der Waals surface area contributed by atoms with E-state index >= 15 is 0 Å². The summed E-state index contributed by atoms with van der Waals surface area (Å²) >= 11 is 5.84. The number of hydrogen-bond acceptors (Lipinski definition) is 6. The van der Waals surface area contributed by atoms with Gasteiger partial charge in [0.2, 0.25) is 5.91 Å². The van der Waals surface area contributed by atoms with Crippen LogP contribution in [0.2, 0.25) is 5.02 Å². The molecule has 1 fully saturated rings. The summed E-state index contributed by atoms with van der Waals surface area (Å²) < 4.78 is 4.93. The molecule has 0 N–H and O–H groups in total. The molecule has 0 spiro atoms. The van der Waals surface area contributed by atoms with Crippen molar-refractivity contribution < 1.29 is 24.0 Å². The number of rotatable bonds is 4. The van der Waals surface area contributed by atoms with E-state index in [0.29, 0.717) is 26.2 Å². The molecule has 9 nitrogen and oxygen atoms in total. The maximum Gasteiger partial charge on any atom is 0.340 e. The van der Waals surface area contributed by atoms with Gasteiger partial charge >= 0.3 is 5.97 Å². The third-order valence-corrected chi connectivity index (χ3v) is 4.10.